The number of non-ortho nitro benzene ring substituents is 1. The zero-order valence-corrected chi connectivity index (χ0v) is 11.7. The van der Waals surface area contributed by atoms with Crippen molar-refractivity contribution in [3.8, 4) is 0 Å². The number of pyridine rings is 1. The van der Waals surface area contributed by atoms with E-state index in [2.05, 4.69) is 10.3 Å². The average molecular weight is 292 g/mol. The van der Waals surface area contributed by atoms with Gasteiger partial charge in [-0.1, -0.05) is 30.7 Å². The molecule has 0 fully saturated rings. The molecule has 1 unspecified atom stereocenters. The molecule has 0 saturated carbocycles. The molecule has 0 spiro atoms. The minimum Gasteiger partial charge on any atom is -0.377 e. The molecule has 0 amide bonds. The lowest BCUT2D eigenvalue weighted by Gasteiger charge is -2.18. The first-order valence-electron chi connectivity index (χ1n) is 6.22. The van der Waals surface area contributed by atoms with Gasteiger partial charge in [0.05, 0.1) is 22.8 Å². The fraction of sp³-hybridized carbons (Fsp3) is 0.214. The number of anilines is 1. The third kappa shape index (κ3) is 3.45. The average Bonchev–Trinajstić information content (AvgIpc) is 2.46. The van der Waals surface area contributed by atoms with Crippen LogP contribution in [0.15, 0.2) is 42.6 Å². The number of nitrogens with zero attached hydrogens (tertiary/aromatic N) is 2. The maximum absolute atomic E-state index is 10.8. The van der Waals surface area contributed by atoms with Gasteiger partial charge in [0, 0.05) is 12.1 Å². The molecule has 2 aromatic rings. The third-order valence-corrected chi connectivity index (χ3v) is 3.18. The van der Waals surface area contributed by atoms with Crippen molar-refractivity contribution in [1.82, 2.24) is 4.98 Å². The monoisotopic (exact) mass is 291 g/mol. The third-order valence-electron chi connectivity index (χ3n) is 2.96. The van der Waals surface area contributed by atoms with Gasteiger partial charge >= 0.3 is 0 Å². The molecule has 20 heavy (non-hydrogen) atoms. The van der Waals surface area contributed by atoms with Crippen molar-refractivity contribution in [2.24, 2.45) is 0 Å². The fourth-order valence-electron chi connectivity index (χ4n) is 1.94. The Morgan fingerprint density at radius 1 is 1.40 bits per heavy atom. The Balaban J connectivity index is 2.21. The predicted octanol–water partition coefficient (Wildman–Crippen LogP) is 4.21. The highest BCUT2D eigenvalue weighted by Crippen LogP contribution is 2.25. The topological polar surface area (TPSA) is 68.1 Å². The highest BCUT2D eigenvalue weighted by Gasteiger charge is 2.13. The molecule has 2 rings (SSSR count). The summed E-state index contributed by atoms with van der Waals surface area (Å²) in [5, 5.41) is 14.5. The maximum Gasteiger partial charge on any atom is 0.269 e. The maximum atomic E-state index is 10.8. The summed E-state index contributed by atoms with van der Waals surface area (Å²) in [7, 11) is 0. The summed E-state index contributed by atoms with van der Waals surface area (Å²) in [6.45, 7) is 2.01. The van der Waals surface area contributed by atoms with Crippen LogP contribution in [0, 0.1) is 10.1 Å². The number of nitrogens with one attached hydrogen (secondary N) is 1. The number of benzene rings is 1. The molecule has 6 heteroatoms. The molecular weight excluding hydrogens is 278 g/mol. The Bertz CT molecular complexity index is 602. The van der Waals surface area contributed by atoms with Gasteiger partial charge in [0.2, 0.25) is 0 Å². The molecule has 1 aromatic heterocycles. The molecule has 0 bridgehead atoms. The zero-order valence-electron chi connectivity index (χ0n) is 10.9. The van der Waals surface area contributed by atoms with Crippen LogP contribution in [0.2, 0.25) is 5.15 Å². The second-order valence-corrected chi connectivity index (χ2v) is 4.71. The van der Waals surface area contributed by atoms with Gasteiger partial charge in [0.25, 0.3) is 5.69 Å². The lowest BCUT2D eigenvalue weighted by molar-refractivity contribution is -0.384. The predicted molar refractivity (Wildman–Crippen MR) is 79.0 cm³/mol. The summed E-state index contributed by atoms with van der Waals surface area (Å²) >= 11 is 5.74. The van der Waals surface area contributed by atoms with Crippen LogP contribution in [0.3, 0.4) is 0 Å². The molecule has 1 heterocycles. The molecule has 0 aliphatic carbocycles. The summed E-state index contributed by atoms with van der Waals surface area (Å²) in [5.74, 6) is 0. The van der Waals surface area contributed by atoms with E-state index >= 15 is 0 Å². The van der Waals surface area contributed by atoms with E-state index in [9.17, 15) is 10.1 Å². The van der Waals surface area contributed by atoms with E-state index in [1.165, 1.54) is 6.07 Å². The Labute approximate surface area is 121 Å². The van der Waals surface area contributed by atoms with Crippen LogP contribution in [-0.2, 0) is 0 Å². The van der Waals surface area contributed by atoms with Gasteiger partial charge in [-0.25, -0.2) is 4.98 Å². The van der Waals surface area contributed by atoms with Crippen molar-refractivity contribution < 1.29 is 4.92 Å². The van der Waals surface area contributed by atoms with Gasteiger partial charge in [0.15, 0.2) is 0 Å². The fourth-order valence-corrected chi connectivity index (χ4v) is 2.05. The van der Waals surface area contributed by atoms with Gasteiger partial charge < -0.3 is 5.32 Å². The van der Waals surface area contributed by atoms with E-state index in [4.69, 9.17) is 11.6 Å². The van der Waals surface area contributed by atoms with Crippen LogP contribution in [0.25, 0.3) is 0 Å². The number of nitro groups is 1. The van der Waals surface area contributed by atoms with Crippen LogP contribution >= 0.6 is 11.6 Å². The Hall–Kier alpha value is -2.14. The van der Waals surface area contributed by atoms with Crippen molar-refractivity contribution >= 4 is 23.0 Å². The molecule has 0 aliphatic rings. The molecule has 5 nitrogen and oxygen atoms in total. The molecule has 0 saturated heterocycles. The van der Waals surface area contributed by atoms with Crippen molar-refractivity contribution in [1.29, 1.82) is 0 Å². The van der Waals surface area contributed by atoms with Gasteiger partial charge in [-0.15, -0.1) is 0 Å². The highest BCUT2D eigenvalue weighted by molar-refractivity contribution is 6.29. The molecule has 1 N–H and O–H groups in total. The smallest absolute Gasteiger partial charge is 0.269 e. The van der Waals surface area contributed by atoms with Crippen molar-refractivity contribution in [3.05, 3.63) is 63.4 Å². The van der Waals surface area contributed by atoms with Gasteiger partial charge in [-0.2, -0.15) is 0 Å². The van der Waals surface area contributed by atoms with E-state index in [1.807, 2.05) is 19.1 Å². The quantitative estimate of drug-likeness (QED) is 0.509. The second kappa shape index (κ2) is 6.34. The summed E-state index contributed by atoms with van der Waals surface area (Å²) in [6.07, 6.45) is 2.44. The highest BCUT2D eigenvalue weighted by atomic mass is 35.5. The molecular formula is C14H14ClN3O2. The lowest BCUT2D eigenvalue weighted by Crippen LogP contribution is -2.10. The summed E-state index contributed by atoms with van der Waals surface area (Å²) in [6, 6.07) is 10.2. The Kier molecular flexibility index (Phi) is 4.53. The van der Waals surface area contributed by atoms with Crippen molar-refractivity contribution in [2.45, 2.75) is 19.4 Å². The van der Waals surface area contributed by atoms with Gasteiger partial charge in [-0.3, -0.25) is 10.1 Å². The second-order valence-electron chi connectivity index (χ2n) is 4.33. The first kappa shape index (κ1) is 14.3. The summed E-state index contributed by atoms with van der Waals surface area (Å²) < 4.78 is 0. The standard InChI is InChI=1S/C14H14ClN3O2/c1-2-13(17-11-6-7-14(15)16-9-11)10-4-3-5-12(8-10)18(19)20/h3-9,13,17H,2H2,1H3. The number of nitro benzene ring substituents is 1. The zero-order chi connectivity index (χ0) is 14.5. The van der Waals surface area contributed by atoms with Crippen molar-refractivity contribution in [3.63, 3.8) is 0 Å². The number of hydrogen-bond donors (Lipinski definition) is 1. The summed E-state index contributed by atoms with van der Waals surface area (Å²) in [5.41, 5.74) is 1.79. The molecule has 104 valence electrons. The molecule has 1 atom stereocenters. The number of rotatable bonds is 5. The number of hydrogen-bond acceptors (Lipinski definition) is 4. The van der Waals surface area contributed by atoms with Gasteiger partial charge in [0.1, 0.15) is 5.15 Å². The number of aromatic nitrogens is 1. The van der Waals surface area contributed by atoms with E-state index in [0.29, 0.717) is 5.15 Å². The van der Waals surface area contributed by atoms with Crippen LogP contribution in [0.5, 0.6) is 0 Å². The van der Waals surface area contributed by atoms with E-state index < -0.39 is 0 Å². The Morgan fingerprint density at radius 2 is 2.20 bits per heavy atom. The van der Waals surface area contributed by atoms with Gasteiger partial charge in [-0.05, 0) is 24.1 Å². The Morgan fingerprint density at radius 3 is 2.80 bits per heavy atom. The van der Waals surface area contributed by atoms with E-state index in [1.54, 1.807) is 24.4 Å². The number of halogens is 1. The lowest BCUT2D eigenvalue weighted by atomic mass is 10.0. The first-order valence-corrected chi connectivity index (χ1v) is 6.60. The van der Waals surface area contributed by atoms with E-state index in [0.717, 1.165) is 17.7 Å². The van der Waals surface area contributed by atoms with Crippen LogP contribution in [0.1, 0.15) is 24.9 Å². The molecule has 0 aliphatic heterocycles. The minimum absolute atomic E-state index is 0.0159. The molecule has 1 aromatic carbocycles. The first-order chi connectivity index (χ1) is 9.60. The minimum atomic E-state index is -0.389. The SMILES string of the molecule is CCC(Nc1ccc(Cl)nc1)c1cccc([N+](=O)[O-])c1. The normalized spacial score (nSPS) is 11.9. The summed E-state index contributed by atoms with van der Waals surface area (Å²) in [4.78, 5) is 14.4. The van der Waals surface area contributed by atoms with Crippen molar-refractivity contribution in [2.75, 3.05) is 5.32 Å². The largest absolute Gasteiger partial charge is 0.377 e. The van der Waals surface area contributed by atoms with Crippen LogP contribution < -0.4 is 5.32 Å². The van der Waals surface area contributed by atoms with Crippen LogP contribution in [0.4, 0.5) is 11.4 Å². The molecule has 0 radical (unpaired) electrons. The van der Waals surface area contributed by atoms with E-state index in [-0.39, 0.29) is 16.7 Å². The van der Waals surface area contributed by atoms with Crippen LogP contribution in [-0.4, -0.2) is 9.91 Å².